The van der Waals surface area contributed by atoms with Crippen LogP contribution in [0.4, 0.5) is 4.39 Å². The molecular weight excluding hydrogens is 203 g/mol. The maximum absolute atomic E-state index is 13.5. The molecule has 0 unspecified atom stereocenters. The molecule has 0 heterocycles. The minimum atomic E-state index is -0.398. The number of hydrogen-bond acceptors (Lipinski definition) is 3. The van der Waals surface area contributed by atoms with E-state index in [0.717, 1.165) is 0 Å². The van der Waals surface area contributed by atoms with Gasteiger partial charge >= 0.3 is 0 Å². The summed E-state index contributed by atoms with van der Waals surface area (Å²) in [7, 11) is 0. The third-order valence-corrected chi connectivity index (χ3v) is 2.42. The highest BCUT2D eigenvalue weighted by molar-refractivity contribution is 7.98. The molecule has 0 N–H and O–H groups in total. The smallest absolute Gasteiger partial charge is 0.178 e. The van der Waals surface area contributed by atoms with Gasteiger partial charge in [0.25, 0.3) is 0 Å². The average molecular weight is 214 g/mol. The lowest BCUT2D eigenvalue weighted by Crippen LogP contribution is -1.97. The van der Waals surface area contributed by atoms with E-state index in [1.807, 2.05) is 0 Å². The normalized spacial score (nSPS) is 9.93. The van der Waals surface area contributed by atoms with Crippen molar-refractivity contribution in [1.29, 1.82) is 0 Å². The molecule has 14 heavy (non-hydrogen) atoms. The summed E-state index contributed by atoms with van der Waals surface area (Å²) in [6.07, 6.45) is 2.43. The molecule has 0 aliphatic heterocycles. The maximum Gasteiger partial charge on any atom is 0.178 e. The van der Waals surface area contributed by atoms with E-state index in [0.29, 0.717) is 23.4 Å². The number of aldehydes is 1. The first-order valence-corrected chi connectivity index (χ1v) is 5.41. The molecule has 0 aromatic heterocycles. The van der Waals surface area contributed by atoms with Crippen molar-refractivity contribution in [3.8, 4) is 5.75 Å². The Hall–Kier alpha value is -1.03. The van der Waals surface area contributed by atoms with E-state index < -0.39 is 5.82 Å². The lowest BCUT2D eigenvalue weighted by atomic mass is 10.2. The Morgan fingerprint density at radius 1 is 1.57 bits per heavy atom. The molecule has 0 fully saturated rings. The summed E-state index contributed by atoms with van der Waals surface area (Å²) in [5, 5.41) is 0. The van der Waals surface area contributed by atoms with E-state index in [1.165, 1.54) is 23.9 Å². The van der Waals surface area contributed by atoms with Gasteiger partial charge < -0.3 is 4.74 Å². The van der Waals surface area contributed by atoms with Crippen LogP contribution in [0.5, 0.6) is 5.75 Å². The molecule has 4 heteroatoms. The number of hydrogen-bond donors (Lipinski definition) is 0. The Morgan fingerprint density at radius 2 is 2.29 bits per heavy atom. The predicted molar refractivity (Wildman–Crippen MR) is 54.7 cm³/mol. The van der Waals surface area contributed by atoms with Gasteiger partial charge in [0.05, 0.1) is 6.61 Å². The molecule has 76 valence electrons. The van der Waals surface area contributed by atoms with Crippen LogP contribution in [-0.4, -0.2) is 19.1 Å². The first kappa shape index (κ1) is 11.0. The second-order valence-electron chi connectivity index (χ2n) is 2.59. The van der Waals surface area contributed by atoms with Crippen molar-refractivity contribution >= 4 is 18.0 Å². The van der Waals surface area contributed by atoms with Gasteiger partial charge in [0.1, 0.15) is 6.29 Å². The van der Waals surface area contributed by atoms with Gasteiger partial charge in [-0.25, -0.2) is 4.39 Å². The van der Waals surface area contributed by atoms with Gasteiger partial charge in [-0.15, -0.1) is 11.8 Å². The molecule has 0 saturated carbocycles. The van der Waals surface area contributed by atoms with E-state index in [9.17, 15) is 9.18 Å². The zero-order valence-corrected chi connectivity index (χ0v) is 8.86. The Balaban J connectivity index is 3.19. The van der Waals surface area contributed by atoms with Crippen LogP contribution in [0.15, 0.2) is 17.0 Å². The molecule has 0 radical (unpaired) electrons. The monoisotopic (exact) mass is 214 g/mol. The lowest BCUT2D eigenvalue weighted by molar-refractivity contribution is 0.112. The summed E-state index contributed by atoms with van der Waals surface area (Å²) < 4.78 is 18.6. The first-order valence-electron chi connectivity index (χ1n) is 4.18. The quantitative estimate of drug-likeness (QED) is 0.569. The van der Waals surface area contributed by atoms with Crippen molar-refractivity contribution in [1.82, 2.24) is 0 Å². The molecule has 0 spiro atoms. The van der Waals surface area contributed by atoms with Crippen LogP contribution in [0.2, 0.25) is 0 Å². The number of benzene rings is 1. The summed E-state index contributed by atoms with van der Waals surface area (Å²) in [6, 6.07) is 2.92. The third kappa shape index (κ3) is 2.26. The van der Waals surface area contributed by atoms with Crippen LogP contribution in [0.25, 0.3) is 0 Å². The van der Waals surface area contributed by atoms with E-state index in [2.05, 4.69) is 0 Å². The summed E-state index contributed by atoms with van der Waals surface area (Å²) in [5.74, 6) is -0.258. The van der Waals surface area contributed by atoms with Crippen molar-refractivity contribution in [2.75, 3.05) is 12.9 Å². The SMILES string of the molecule is CCOc1cc(C=O)cc(SC)c1F. The second kappa shape index (κ2) is 5.00. The number of rotatable bonds is 4. The van der Waals surface area contributed by atoms with E-state index in [-0.39, 0.29) is 5.75 Å². The van der Waals surface area contributed by atoms with Crippen molar-refractivity contribution in [3.05, 3.63) is 23.5 Å². The fourth-order valence-electron chi connectivity index (χ4n) is 1.07. The molecule has 0 atom stereocenters. The van der Waals surface area contributed by atoms with E-state index >= 15 is 0 Å². The fourth-order valence-corrected chi connectivity index (χ4v) is 1.60. The van der Waals surface area contributed by atoms with Gasteiger partial charge in [-0.3, -0.25) is 4.79 Å². The summed E-state index contributed by atoms with van der Waals surface area (Å²) in [5.41, 5.74) is 0.430. The van der Waals surface area contributed by atoms with Crippen LogP contribution in [0.1, 0.15) is 17.3 Å². The van der Waals surface area contributed by atoms with Gasteiger partial charge in [-0.2, -0.15) is 0 Å². The average Bonchev–Trinajstić information content (AvgIpc) is 2.21. The Bertz CT molecular complexity index is 339. The van der Waals surface area contributed by atoms with Gasteiger partial charge in [0.2, 0.25) is 0 Å². The second-order valence-corrected chi connectivity index (χ2v) is 3.43. The molecule has 0 amide bonds. The maximum atomic E-state index is 13.5. The van der Waals surface area contributed by atoms with Gasteiger partial charge in [0.15, 0.2) is 11.6 Å². The van der Waals surface area contributed by atoms with Crippen LogP contribution in [0, 0.1) is 5.82 Å². The number of ether oxygens (including phenoxy) is 1. The summed E-state index contributed by atoms with van der Waals surface area (Å²) in [4.78, 5) is 11.0. The molecular formula is C10H11FO2S. The lowest BCUT2D eigenvalue weighted by Gasteiger charge is -2.08. The van der Waals surface area contributed by atoms with E-state index in [4.69, 9.17) is 4.74 Å². The Kier molecular flexibility index (Phi) is 3.95. The topological polar surface area (TPSA) is 26.3 Å². The highest BCUT2D eigenvalue weighted by Gasteiger charge is 2.10. The van der Waals surface area contributed by atoms with Crippen LogP contribution in [0.3, 0.4) is 0 Å². The van der Waals surface area contributed by atoms with Crippen molar-refractivity contribution < 1.29 is 13.9 Å². The van der Waals surface area contributed by atoms with Crippen LogP contribution >= 0.6 is 11.8 Å². The fraction of sp³-hybridized carbons (Fsp3) is 0.300. The van der Waals surface area contributed by atoms with Gasteiger partial charge in [-0.1, -0.05) is 0 Å². The minimum Gasteiger partial charge on any atom is -0.491 e. The molecule has 1 rings (SSSR count). The molecule has 0 aliphatic carbocycles. The first-order chi connectivity index (χ1) is 6.72. The number of halogens is 1. The highest BCUT2D eigenvalue weighted by atomic mass is 32.2. The predicted octanol–water partition coefficient (Wildman–Crippen LogP) is 2.76. The summed E-state index contributed by atoms with van der Waals surface area (Å²) >= 11 is 1.25. The standard InChI is InChI=1S/C10H11FO2S/c1-3-13-8-4-7(6-12)5-9(14-2)10(8)11/h4-6H,3H2,1-2H3. The Morgan fingerprint density at radius 3 is 2.79 bits per heavy atom. The molecule has 0 bridgehead atoms. The third-order valence-electron chi connectivity index (χ3n) is 1.68. The van der Waals surface area contributed by atoms with Crippen molar-refractivity contribution in [3.63, 3.8) is 0 Å². The molecule has 1 aromatic carbocycles. The molecule has 0 aliphatic rings. The number of thioether (sulfide) groups is 1. The van der Waals surface area contributed by atoms with Crippen LogP contribution in [-0.2, 0) is 0 Å². The Labute approximate surface area is 86.5 Å². The molecule has 2 nitrogen and oxygen atoms in total. The van der Waals surface area contributed by atoms with Gasteiger partial charge in [0, 0.05) is 10.5 Å². The van der Waals surface area contributed by atoms with Crippen molar-refractivity contribution in [2.24, 2.45) is 0 Å². The van der Waals surface area contributed by atoms with Crippen molar-refractivity contribution in [2.45, 2.75) is 11.8 Å². The molecule has 1 aromatic rings. The number of carbonyl (C=O) groups excluding carboxylic acids is 1. The van der Waals surface area contributed by atoms with Gasteiger partial charge in [-0.05, 0) is 25.3 Å². The number of carbonyl (C=O) groups is 1. The highest BCUT2D eigenvalue weighted by Crippen LogP contribution is 2.28. The summed E-state index contributed by atoms with van der Waals surface area (Å²) in [6.45, 7) is 2.15. The van der Waals surface area contributed by atoms with E-state index in [1.54, 1.807) is 13.2 Å². The zero-order chi connectivity index (χ0) is 10.6. The van der Waals surface area contributed by atoms with Crippen LogP contribution < -0.4 is 4.74 Å². The minimum absolute atomic E-state index is 0.140. The zero-order valence-electron chi connectivity index (χ0n) is 8.04. The molecule has 0 saturated heterocycles. The largest absolute Gasteiger partial charge is 0.491 e.